The predicted molar refractivity (Wildman–Crippen MR) is 229 cm³/mol. The highest BCUT2D eigenvalue weighted by molar-refractivity contribution is 5.96. The van der Waals surface area contributed by atoms with Crippen molar-refractivity contribution in [2.45, 2.75) is 31.5 Å². The topological polar surface area (TPSA) is 114 Å². The zero-order chi connectivity index (χ0) is 44.3. The first-order chi connectivity index (χ1) is 30.4. The number of amides is 1. The number of fused-ring (bicyclic) bond motifs is 1. The number of halogens is 4. The fourth-order valence-corrected chi connectivity index (χ4v) is 8.09. The number of alkyl halides is 3. The lowest BCUT2D eigenvalue weighted by Gasteiger charge is -2.38. The number of carbonyl (C=O) groups excluding carboxylic acids is 1. The summed E-state index contributed by atoms with van der Waals surface area (Å²) in [5.74, 6) is -1.76. The van der Waals surface area contributed by atoms with Gasteiger partial charge < -0.3 is 19.5 Å². The first-order valence-corrected chi connectivity index (χ1v) is 19.7. The predicted octanol–water partition coefficient (Wildman–Crippen LogP) is 8.97. The average molecular weight is 857 g/mol. The molecule has 0 aliphatic rings. The van der Waals surface area contributed by atoms with Crippen LogP contribution in [0, 0.1) is 5.82 Å². The maximum absolute atomic E-state index is 16.5. The summed E-state index contributed by atoms with van der Waals surface area (Å²) in [6, 6.07) is 40.2. The monoisotopic (exact) mass is 856 g/mol. The van der Waals surface area contributed by atoms with Gasteiger partial charge in [-0.05, 0) is 64.2 Å². The van der Waals surface area contributed by atoms with Crippen LogP contribution >= 0.6 is 0 Å². The lowest BCUT2D eigenvalue weighted by molar-refractivity contribution is -0.137. The van der Waals surface area contributed by atoms with Crippen LogP contribution in [-0.4, -0.2) is 44.0 Å². The van der Waals surface area contributed by atoms with Gasteiger partial charge in [-0.25, -0.2) is 9.18 Å². The summed E-state index contributed by atoms with van der Waals surface area (Å²) < 4.78 is 81.0. The van der Waals surface area contributed by atoms with Crippen LogP contribution in [0.15, 0.2) is 151 Å². The second kappa shape index (κ2) is 17.5. The molecule has 0 aliphatic carbocycles. The van der Waals surface area contributed by atoms with E-state index in [0.29, 0.717) is 11.5 Å². The third-order valence-corrected chi connectivity index (χ3v) is 10.8. The molecule has 11 nitrogen and oxygen atoms in total. The van der Waals surface area contributed by atoms with Crippen molar-refractivity contribution in [1.82, 2.24) is 23.9 Å². The van der Waals surface area contributed by atoms with Gasteiger partial charge in [0.15, 0.2) is 23.1 Å². The summed E-state index contributed by atoms with van der Waals surface area (Å²) >= 11 is 0. The van der Waals surface area contributed by atoms with E-state index in [-0.39, 0.29) is 46.9 Å². The first kappa shape index (κ1) is 42.2. The van der Waals surface area contributed by atoms with Gasteiger partial charge in [-0.3, -0.25) is 18.5 Å². The molecule has 2 aromatic heterocycles. The molecule has 0 bridgehead atoms. The highest BCUT2D eigenvalue weighted by Gasteiger charge is 2.40. The van der Waals surface area contributed by atoms with E-state index in [1.807, 2.05) is 95.6 Å². The number of aryl methyl sites for hydroxylation is 1. The van der Waals surface area contributed by atoms with Crippen LogP contribution in [0.4, 0.5) is 23.2 Å². The molecular formula is C48H40F4N6O5. The number of hydrogen-bond acceptors (Lipinski definition) is 7. The maximum atomic E-state index is 16.5. The first-order valence-electron chi connectivity index (χ1n) is 19.7. The van der Waals surface area contributed by atoms with Gasteiger partial charge in [-0.15, -0.1) is 10.2 Å². The Hall–Kier alpha value is -7.52. The number of hydrogen-bond donors (Lipinski definition) is 1. The summed E-state index contributed by atoms with van der Waals surface area (Å²) in [5.41, 5.74) is 0.642. The number of aromatic nitrogens is 5. The Bertz CT molecular complexity index is 2870. The van der Waals surface area contributed by atoms with E-state index >= 15 is 4.39 Å². The summed E-state index contributed by atoms with van der Waals surface area (Å²) in [5, 5.41) is 11.4. The molecule has 0 saturated heterocycles. The lowest BCUT2D eigenvalue weighted by Crippen LogP contribution is -2.38. The van der Waals surface area contributed by atoms with E-state index < -0.39 is 41.2 Å². The molecule has 1 amide bonds. The molecule has 0 fully saturated rings. The van der Waals surface area contributed by atoms with Crippen LogP contribution in [0.25, 0.3) is 22.2 Å². The number of nitrogens with zero attached hydrogens (tertiary/aromatic N) is 5. The second-order valence-corrected chi connectivity index (χ2v) is 14.7. The Balaban J connectivity index is 1.18. The van der Waals surface area contributed by atoms with Crippen molar-refractivity contribution in [1.29, 1.82) is 0 Å². The van der Waals surface area contributed by atoms with E-state index in [0.717, 1.165) is 49.6 Å². The molecule has 2 heterocycles. The molecule has 1 N–H and O–H groups in total. The number of rotatable bonds is 14. The van der Waals surface area contributed by atoms with Gasteiger partial charge in [0.25, 0.3) is 0 Å². The van der Waals surface area contributed by atoms with E-state index in [1.165, 1.54) is 27.3 Å². The summed E-state index contributed by atoms with van der Waals surface area (Å²) in [7, 11) is 4.17. The van der Waals surface area contributed by atoms with Crippen molar-refractivity contribution in [2.75, 3.05) is 19.5 Å². The van der Waals surface area contributed by atoms with Crippen LogP contribution in [-0.2, 0) is 48.1 Å². The molecule has 320 valence electrons. The van der Waals surface area contributed by atoms with E-state index in [1.54, 1.807) is 30.6 Å². The minimum absolute atomic E-state index is 0.0326. The van der Waals surface area contributed by atoms with Gasteiger partial charge in [-0.1, -0.05) is 103 Å². The molecular weight excluding hydrogens is 817 g/mol. The molecule has 0 saturated carbocycles. The summed E-state index contributed by atoms with van der Waals surface area (Å²) in [6.45, 7) is -0.624. The van der Waals surface area contributed by atoms with E-state index in [9.17, 15) is 22.8 Å². The molecule has 15 heteroatoms. The van der Waals surface area contributed by atoms with Crippen LogP contribution in [0.1, 0.15) is 33.6 Å². The molecule has 63 heavy (non-hydrogen) atoms. The van der Waals surface area contributed by atoms with Crippen molar-refractivity contribution in [3.63, 3.8) is 0 Å². The molecule has 6 aromatic carbocycles. The van der Waals surface area contributed by atoms with Gasteiger partial charge >= 0.3 is 11.9 Å². The highest BCUT2D eigenvalue weighted by Crippen LogP contribution is 2.43. The normalized spacial score (nSPS) is 11.8. The largest absolute Gasteiger partial charge is 0.493 e. The standard InChI is InChI=1S/C48H40F4N6O5/c1-56-44-38(25-36(48(50,51)52)26-40(44)57(46(56)60)27-43(59)54-37-21-13-14-31(22-37)28-61-2)32-23-39(49)45(41(24-32)62-3)63-29-42-55-53-30-58(42)47(33-15-7-4-8-16-33,34-17-9-5-10-18-34)35-19-11-6-12-20-35/h4-26,30H,27-29H2,1-3H3,(H,54,59). The molecule has 0 radical (unpaired) electrons. The maximum Gasteiger partial charge on any atom is 0.416 e. The SMILES string of the molecule is COCc1cccc(NC(=O)Cn2c(=O)n(C)c3c(-c4cc(F)c(OCc5nncn5C(c5ccccc5)(c5ccccc5)c5ccccc5)c(OC)c4)cc(C(F)(F)F)cc32)c1. The van der Waals surface area contributed by atoms with Crippen molar-refractivity contribution < 1.29 is 36.6 Å². The number of ether oxygens (including phenoxy) is 3. The molecule has 8 rings (SSSR count). The average Bonchev–Trinajstić information content (AvgIpc) is 3.85. The van der Waals surface area contributed by atoms with Crippen LogP contribution in [0.2, 0.25) is 0 Å². The third kappa shape index (κ3) is 8.06. The molecule has 0 unspecified atom stereocenters. The Morgan fingerprint density at radius 1 is 0.762 bits per heavy atom. The van der Waals surface area contributed by atoms with Crippen LogP contribution in [0.5, 0.6) is 11.5 Å². The fourth-order valence-electron chi connectivity index (χ4n) is 8.09. The second-order valence-electron chi connectivity index (χ2n) is 14.7. The van der Waals surface area contributed by atoms with Gasteiger partial charge in [0.2, 0.25) is 5.91 Å². The highest BCUT2D eigenvalue weighted by atomic mass is 19.4. The lowest BCUT2D eigenvalue weighted by atomic mass is 9.76. The van der Waals surface area contributed by atoms with Gasteiger partial charge in [0.05, 0.1) is 30.3 Å². The Kier molecular flexibility index (Phi) is 11.7. The van der Waals surface area contributed by atoms with Gasteiger partial charge in [0, 0.05) is 25.4 Å². The third-order valence-electron chi connectivity index (χ3n) is 10.8. The Morgan fingerprint density at radius 2 is 1.40 bits per heavy atom. The van der Waals surface area contributed by atoms with Crippen LogP contribution in [0.3, 0.4) is 0 Å². The molecule has 0 spiro atoms. The van der Waals surface area contributed by atoms with Crippen LogP contribution < -0.4 is 20.5 Å². The minimum Gasteiger partial charge on any atom is -0.493 e. The molecule has 8 aromatic rings. The van der Waals surface area contributed by atoms with Crippen molar-refractivity contribution >= 4 is 22.6 Å². The van der Waals surface area contributed by atoms with E-state index in [2.05, 4.69) is 15.5 Å². The number of methoxy groups -OCH3 is 2. The van der Waals surface area contributed by atoms with Crippen molar-refractivity contribution in [3.8, 4) is 22.6 Å². The minimum atomic E-state index is -4.88. The number of benzene rings is 6. The van der Waals surface area contributed by atoms with Gasteiger partial charge in [0.1, 0.15) is 25.0 Å². The quantitative estimate of drug-likeness (QED) is 0.0859. The molecule has 0 aliphatic heterocycles. The summed E-state index contributed by atoms with van der Waals surface area (Å²) in [6.07, 6.45) is -3.29. The van der Waals surface area contributed by atoms with Crippen molar-refractivity contribution in [3.05, 3.63) is 196 Å². The number of nitrogens with one attached hydrogen (secondary N) is 1. The van der Waals surface area contributed by atoms with Crippen molar-refractivity contribution in [2.24, 2.45) is 7.05 Å². The zero-order valence-corrected chi connectivity index (χ0v) is 34.3. The smallest absolute Gasteiger partial charge is 0.416 e. The number of anilines is 1. The zero-order valence-electron chi connectivity index (χ0n) is 34.3. The van der Waals surface area contributed by atoms with Gasteiger partial charge in [-0.2, -0.15) is 13.2 Å². The molecule has 0 atom stereocenters. The fraction of sp³-hybridized carbons (Fsp3) is 0.167. The number of carbonyl (C=O) groups is 1. The summed E-state index contributed by atoms with van der Waals surface area (Å²) in [4.78, 5) is 27.0. The Labute approximate surface area is 358 Å². The van der Waals surface area contributed by atoms with E-state index in [4.69, 9.17) is 14.2 Å². The Morgan fingerprint density at radius 3 is 1.98 bits per heavy atom. The number of imidazole rings is 1.